The topological polar surface area (TPSA) is 63.0 Å². The van der Waals surface area contributed by atoms with Gasteiger partial charge in [0, 0.05) is 0 Å². The Morgan fingerprint density at radius 2 is 2.10 bits per heavy atom. The van der Waals surface area contributed by atoms with Crippen LogP contribution in [0, 0.1) is 11.3 Å². The summed E-state index contributed by atoms with van der Waals surface area (Å²) in [4.78, 5) is 14.3. The van der Waals surface area contributed by atoms with Crippen molar-refractivity contribution in [2.24, 2.45) is 0 Å². The third kappa shape index (κ3) is 3.20. The Hall–Kier alpha value is -2.24. The second kappa shape index (κ2) is 5.81. The molecule has 0 aliphatic rings. The number of carbonyl (C=O) groups excluding carboxylic acids is 1. The summed E-state index contributed by atoms with van der Waals surface area (Å²) in [5.41, 5.74) is -4.95. The second-order valence-corrected chi connectivity index (χ2v) is 3.45. The summed E-state index contributed by atoms with van der Waals surface area (Å²) in [6.07, 6.45) is -8.31. The molecule has 0 saturated heterocycles. The van der Waals surface area contributed by atoms with Gasteiger partial charge in [0.05, 0.1) is 23.8 Å². The van der Waals surface area contributed by atoms with Gasteiger partial charge in [0.2, 0.25) is 0 Å². The van der Waals surface area contributed by atoms with Crippen molar-refractivity contribution >= 4 is 5.97 Å². The van der Waals surface area contributed by atoms with Gasteiger partial charge in [0.15, 0.2) is 5.69 Å². The van der Waals surface area contributed by atoms with Gasteiger partial charge in [-0.25, -0.2) is 18.6 Å². The number of carbonyl (C=O) groups is 1. The first-order chi connectivity index (χ1) is 9.22. The molecule has 0 radical (unpaired) electrons. The van der Waals surface area contributed by atoms with Gasteiger partial charge in [0.25, 0.3) is 6.43 Å². The van der Waals surface area contributed by atoms with E-state index in [1.807, 2.05) is 0 Å². The molecule has 0 unspecified atom stereocenters. The van der Waals surface area contributed by atoms with Crippen LogP contribution in [0.25, 0.3) is 0 Å². The number of nitriles is 1. The van der Waals surface area contributed by atoms with E-state index in [-0.39, 0.29) is 12.7 Å². The zero-order valence-corrected chi connectivity index (χ0v) is 9.96. The number of hydrogen-bond acceptors (Lipinski definition) is 4. The average molecular weight is 294 g/mol. The molecular weight excluding hydrogens is 287 g/mol. The summed E-state index contributed by atoms with van der Waals surface area (Å²) in [6.45, 7) is 1.11. The Morgan fingerprint density at radius 3 is 2.50 bits per heavy atom. The highest BCUT2D eigenvalue weighted by atomic mass is 19.4. The zero-order chi connectivity index (χ0) is 15.5. The van der Waals surface area contributed by atoms with Crippen molar-refractivity contribution in [2.75, 3.05) is 6.61 Å². The van der Waals surface area contributed by atoms with E-state index in [4.69, 9.17) is 5.26 Å². The molecule has 0 bridgehead atoms. The van der Waals surface area contributed by atoms with Crippen LogP contribution < -0.4 is 0 Å². The van der Waals surface area contributed by atoms with Gasteiger partial charge in [-0.3, -0.25) is 0 Å². The van der Waals surface area contributed by atoms with Gasteiger partial charge >= 0.3 is 12.1 Å². The molecule has 0 saturated carbocycles. The molecular formula is C11H7F5N2O2. The lowest BCUT2D eigenvalue weighted by atomic mass is 10.1. The Bertz CT molecular complexity index is 563. The predicted octanol–water partition coefficient (Wildman–Crippen LogP) is 3.09. The van der Waals surface area contributed by atoms with Crippen LogP contribution in [0.1, 0.15) is 40.7 Å². The minimum atomic E-state index is -4.98. The number of nitrogens with zero attached hydrogens (tertiary/aromatic N) is 2. The molecule has 0 spiro atoms. The highest BCUT2D eigenvalue weighted by Crippen LogP contribution is 2.33. The van der Waals surface area contributed by atoms with Crippen LogP contribution in [0.5, 0.6) is 0 Å². The monoisotopic (exact) mass is 294 g/mol. The van der Waals surface area contributed by atoms with E-state index < -0.39 is 41.1 Å². The number of halogens is 5. The van der Waals surface area contributed by atoms with E-state index in [2.05, 4.69) is 9.72 Å². The van der Waals surface area contributed by atoms with Gasteiger partial charge in [0.1, 0.15) is 5.69 Å². The Labute approximate surface area is 109 Å². The fraction of sp³-hybridized carbons (Fsp3) is 0.364. The van der Waals surface area contributed by atoms with Crippen LogP contribution in [0.15, 0.2) is 6.07 Å². The summed E-state index contributed by atoms with van der Waals surface area (Å²) >= 11 is 0. The first-order valence-electron chi connectivity index (χ1n) is 5.19. The maximum absolute atomic E-state index is 12.8. The molecule has 0 amide bonds. The molecule has 0 aliphatic heterocycles. The van der Waals surface area contributed by atoms with Crippen molar-refractivity contribution in [1.82, 2.24) is 4.98 Å². The minimum Gasteiger partial charge on any atom is -0.461 e. The minimum absolute atomic E-state index is 0.171. The van der Waals surface area contributed by atoms with Gasteiger partial charge < -0.3 is 4.74 Å². The molecule has 20 heavy (non-hydrogen) atoms. The normalized spacial score (nSPS) is 11.3. The van der Waals surface area contributed by atoms with Crippen LogP contribution in [0.3, 0.4) is 0 Å². The van der Waals surface area contributed by atoms with E-state index in [1.165, 1.54) is 13.0 Å². The fourth-order valence-corrected chi connectivity index (χ4v) is 1.37. The molecule has 0 atom stereocenters. The largest absolute Gasteiger partial charge is 0.461 e. The number of ether oxygens (including phenoxy) is 1. The third-order valence-corrected chi connectivity index (χ3v) is 2.16. The first kappa shape index (κ1) is 15.8. The van der Waals surface area contributed by atoms with Crippen LogP contribution >= 0.6 is 0 Å². The van der Waals surface area contributed by atoms with Crippen LogP contribution in [-0.4, -0.2) is 17.6 Å². The molecule has 1 aromatic rings. The van der Waals surface area contributed by atoms with Gasteiger partial charge in [-0.2, -0.15) is 18.4 Å². The van der Waals surface area contributed by atoms with Crippen LogP contribution in [0.2, 0.25) is 0 Å². The molecule has 0 N–H and O–H groups in total. The highest BCUT2D eigenvalue weighted by Gasteiger charge is 2.36. The third-order valence-electron chi connectivity index (χ3n) is 2.16. The zero-order valence-electron chi connectivity index (χ0n) is 9.96. The van der Waals surface area contributed by atoms with Crippen molar-refractivity contribution in [2.45, 2.75) is 19.5 Å². The molecule has 0 aliphatic carbocycles. The summed E-state index contributed by atoms with van der Waals surface area (Å²) in [7, 11) is 0. The summed E-state index contributed by atoms with van der Waals surface area (Å²) < 4.78 is 67.7. The van der Waals surface area contributed by atoms with E-state index in [9.17, 15) is 26.7 Å². The predicted molar refractivity (Wildman–Crippen MR) is 54.9 cm³/mol. The molecule has 1 heterocycles. The summed E-state index contributed by atoms with van der Waals surface area (Å²) in [5, 5.41) is 8.66. The number of hydrogen-bond donors (Lipinski definition) is 0. The molecule has 9 heteroatoms. The highest BCUT2D eigenvalue weighted by molar-refractivity contribution is 5.89. The molecule has 1 rings (SSSR count). The summed E-state index contributed by atoms with van der Waals surface area (Å²) in [5.74, 6) is -1.44. The second-order valence-electron chi connectivity index (χ2n) is 3.45. The molecule has 108 valence electrons. The lowest BCUT2D eigenvalue weighted by Crippen LogP contribution is -2.18. The molecule has 0 fully saturated rings. The van der Waals surface area contributed by atoms with Crippen molar-refractivity contribution in [3.05, 3.63) is 28.6 Å². The molecule has 4 nitrogen and oxygen atoms in total. The standard InChI is InChI=1S/C11H7F5N2O2/c1-2-20-10(19)8-7(9(12)13)5(4-17)3-6(18-8)11(14,15)16/h3,9H,2H2,1H3. The first-order valence-corrected chi connectivity index (χ1v) is 5.19. The molecule has 0 aromatic carbocycles. The van der Waals surface area contributed by atoms with E-state index >= 15 is 0 Å². The van der Waals surface area contributed by atoms with Gasteiger partial charge in [-0.15, -0.1) is 0 Å². The SMILES string of the molecule is CCOC(=O)c1nc(C(F)(F)F)cc(C#N)c1C(F)F. The van der Waals surface area contributed by atoms with Gasteiger partial charge in [-0.05, 0) is 13.0 Å². The van der Waals surface area contributed by atoms with E-state index in [0.29, 0.717) is 0 Å². The lowest BCUT2D eigenvalue weighted by molar-refractivity contribution is -0.141. The quantitative estimate of drug-likeness (QED) is 0.635. The Kier molecular flexibility index (Phi) is 4.60. The van der Waals surface area contributed by atoms with Crippen molar-refractivity contribution in [3.63, 3.8) is 0 Å². The number of alkyl halides is 5. The fourth-order valence-electron chi connectivity index (χ4n) is 1.37. The van der Waals surface area contributed by atoms with Crippen molar-refractivity contribution in [1.29, 1.82) is 5.26 Å². The Morgan fingerprint density at radius 1 is 1.50 bits per heavy atom. The van der Waals surface area contributed by atoms with Crippen LogP contribution in [0.4, 0.5) is 22.0 Å². The smallest absolute Gasteiger partial charge is 0.433 e. The summed E-state index contributed by atoms with van der Waals surface area (Å²) in [6, 6.07) is 1.37. The molecule has 1 aromatic heterocycles. The van der Waals surface area contributed by atoms with Crippen LogP contribution in [-0.2, 0) is 10.9 Å². The van der Waals surface area contributed by atoms with Gasteiger partial charge in [-0.1, -0.05) is 0 Å². The number of esters is 1. The lowest BCUT2D eigenvalue weighted by Gasteiger charge is -2.13. The number of rotatable bonds is 3. The van der Waals surface area contributed by atoms with E-state index in [1.54, 1.807) is 0 Å². The average Bonchev–Trinajstić information content (AvgIpc) is 2.36. The van der Waals surface area contributed by atoms with Crippen molar-refractivity contribution in [3.8, 4) is 6.07 Å². The Balaban J connectivity index is 3.59. The van der Waals surface area contributed by atoms with E-state index in [0.717, 1.165) is 0 Å². The maximum atomic E-state index is 12.8. The maximum Gasteiger partial charge on any atom is 0.433 e. The number of aromatic nitrogens is 1. The number of pyridine rings is 1. The van der Waals surface area contributed by atoms with Crippen molar-refractivity contribution < 1.29 is 31.5 Å².